The molecule has 1 heterocycles. The van der Waals surface area contributed by atoms with Gasteiger partial charge in [0.1, 0.15) is 0 Å². The molecule has 0 unspecified atom stereocenters. The Morgan fingerprint density at radius 3 is 2.90 bits per heavy atom. The van der Waals surface area contributed by atoms with Crippen LogP contribution in [0.15, 0.2) is 53.7 Å². The second-order valence-electron chi connectivity index (χ2n) is 4.36. The maximum Gasteiger partial charge on any atom is 0.261 e. The zero-order valence-electron chi connectivity index (χ0n) is 11.6. The third-order valence-corrected chi connectivity index (χ3v) is 3.28. The summed E-state index contributed by atoms with van der Waals surface area (Å²) in [5, 5.41) is 7.01. The van der Waals surface area contributed by atoms with E-state index in [1.165, 1.54) is 0 Å². The minimum Gasteiger partial charge on any atom is -0.463 e. The lowest BCUT2D eigenvalue weighted by Crippen LogP contribution is -2.36. The van der Waals surface area contributed by atoms with Gasteiger partial charge < -0.3 is 10.1 Å². The number of hydrogen-bond acceptors (Lipinski definition) is 3. The number of carbonyl (C=O) groups is 1. The zero-order valence-corrected chi connectivity index (χ0v) is 13.2. The van der Waals surface area contributed by atoms with E-state index in [0.717, 1.165) is 5.69 Å². The van der Waals surface area contributed by atoms with Gasteiger partial charge in [0.25, 0.3) is 5.91 Å². The summed E-state index contributed by atoms with van der Waals surface area (Å²) in [5.74, 6) is 0.163. The Labute approximate surface area is 131 Å². The lowest BCUT2D eigenvalue weighted by molar-refractivity contribution is -0.127. The average molecular weight is 350 g/mol. The maximum absolute atomic E-state index is 11.8. The fourth-order valence-corrected chi connectivity index (χ4v) is 2.03. The first-order valence-electron chi connectivity index (χ1n) is 6.47. The van der Waals surface area contributed by atoms with Crippen LogP contribution in [-0.4, -0.2) is 28.3 Å². The molecule has 0 aliphatic heterocycles. The van der Waals surface area contributed by atoms with Crippen molar-refractivity contribution in [3.05, 3.63) is 53.7 Å². The second-order valence-corrected chi connectivity index (χ2v) is 5.21. The molecule has 1 atom stereocenters. The van der Waals surface area contributed by atoms with Crippen LogP contribution in [0.1, 0.15) is 6.92 Å². The van der Waals surface area contributed by atoms with Crippen LogP contribution >= 0.6 is 15.9 Å². The van der Waals surface area contributed by atoms with Crippen LogP contribution in [0.4, 0.5) is 0 Å². The quantitative estimate of drug-likeness (QED) is 0.815. The van der Waals surface area contributed by atoms with Crippen molar-refractivity contribution < 1.29 is 9.53 Å². The van der Waals surface area contributed by atoms with E-state index >= 15 is 0 Å². The summed E-state index contributed by atoms with van der Waals surface area (Å²) >= 11 is 3.39. The van der Waals surface area contributed by atoms with Crippen LogP contribution in [-0.2, 0) is 4.79 Å². The van der Waals surface area contributed by atoms with Crippen LogP contribution in [0, 0.1) is 0 Å². The number of halogens is 1. The Bertz CT molecular complexity index is 625. The van der Waals surface area contributed by atoms with Gasteiger partial charge in [-0.1, -0.05) is 24.3 Å². The molecule has 0 bridgehead atoms. The number of nitrogens with one attached hydrogen (secondary N) is 1. The van der Waals surface area contributed by atoms with Gasteiger partial charge in [-0.15, -0.1) is 11.7 Å². The van der Waals surface area contributed by atoms with Crippen molar-refractivity contribution in [1.29, 1.82) is 0 Å². The summed E-state index contributed by atoms with van der Waals surface area (Å²) in [6.07, 6.45) is 2.77. The van der Waals surface area contributed by atoms with Gasteiger partial charge in [0.15, 0.2) is 6.10 Å². The topological polar surface area (TPSA) is 56.1 Å². The van der Waals surface area contributed by atoms with Crippen molar-refractivity contribution in [1.82, 2.24) is 15.1 Å². The van der Waals surface area contributed by atoms with Crippen molar-refractivity contribution >= 4 is 21.8 Å². The molecule has 0 radical (unpaired) electrons. The lowest BCUT2D eigenvalue weighted by atomic mass is 10.3. The third kappa shape index (κ3) is 3.95. The largest absolute Gasteiger partial charge is 0.463 e. The Kier molecular flexibility index (Phi) is 5.16. The highest BCUT2D eigenvalue weighted by molar-refractivity contribution is 9.10. The van der Waals surface area contributed by atoms with Gasteiger partial charge in [-0.25, -0.2) is 4.68 Å². The number of amides is 1. The van der Waals surface area contributed by atoms with E-state index in [0.29, 0.717) is 16.9 Å². The first kappa shape index (κ1) is 15.3. The first-order valence-corrected chi connectivity index (χ1v) is 7.27. The SMILES string of the molecule is C=CCNC(=O)[C@@H](C)Oc1nn(-c2ccccc2)cc1Br. The molecule has 5 nitrogen and oxygen atoms in total. The zero-order chi connectivity index (χ0) is 15.2. The number of aromatic nitrogens is 2. The highest BCUT2D eigenvalue weighted by Crippen LogP contribution is 2.25. The van der Waals surface area contributed by atoms with E-state index in [2.05, 4.69) is 32.9 Å². The predicted octanol–water partition coefficient (Wildman–Crippen LogP) is 2.70. The molecule has 1 aromatic carbocycles. The molecule has 2 rings (SSSR count). The molecule has 1 aromatic heterocycles. The number of para-hydroxylation sites is 1. The maximum atomic E-state index is 11.8. The Morgan fingerprint density at radius 2 is 2.24 bits per heavy atom. The summed E-state index contributed by atoms with van der Waals surface area (Å²) in [7, 11) is 0. The van der Waals surface area contributed by atoms with E-state index in [1.807, 2.05) is 30.3 Å². The van der Waals surface area contributed by atoms with Crippen molar-refractivity contribution in [2.75, 3.05) is 6.54 Å². The molecule has 0 saturated heterocycles. The smallest absolute Gasteiger partial charge is 0.261 e. The van der Waals surface area contributed by atoms with Gasteiger partial charge >= 0.3 is 0 Å². The van der Waals surface area contributed by atoms with Crippen molar-refractivity contribution in [3.8, 4) is 11.6 Å². The molecule has 21 heavy (non-hydrogen) atoms. The van der Waals surface area contributed by atoms with Crippen LogP contribution < -0.4 is 10.1 Å². The van der Waals surface area contributed by atoms with Gasteiger partial charge in [-0.05, 0) is 35.0 Å². The molecule has 2 aromatic rings. The normalized spacial score (nSPS) is 11.7. The second kappa shape index (κ2) is 7.08. The molecule has 6 heteroatoms. The Balaban J connectivity index is 2.09. The minimum absolute atomic E-state index is 0.212. The van der Waals surface area contributed by atoms with Gasteiger partial charge in [0.2, 0.25) is 5.88 Å². The molecule has 110 valence electrons. The molecule has 0 spiro atoms. The molecule has 0 aliphatic rings. The molecule has 1 N–H and O–H groups in total. The van der Waals surface area contributed by atoms with Crippen LogP contribution in [0.2, 0.25) is 0 Å². The van der Waals surface area contributed by atoms with Crippen molar-refractivity contribution in [2.24, 2.45) is 0 Å². The van der Waals surface area contributed by atoms with Gasteiger partial charge in [-0.2, -0.15) is 0 Å². The molecule has 1 amide bonds. The summed E-state index contributed by atoms with van der Waals surface area (Å²) < 4.78 is 7.96. The molecular formula is C15H16BrN3O2. The summed E-state index contributed by atoms with van der Waals surface area (Å²) in [6.45, 7) is 5.63. The van der Waals surface area contributed by atoms with Crippen LogP contribution in [0.5, 0.6) is 5.88 Å². The highest BCUT2D eigenvalue weighted by atomic mass is 79.9. The van der Waals surface area contributed by atoms with E-state index in [9.17, 15) is 4.79 Å². The highest BCUT2D eigenvalue weighted by Gasteiger charge is 2.17. The first-order chi connectivity index (χ1) is 10.1. The van der Waals surface area contributed by atoms with E-state index in [4.69, 9.17) is 4.74 Å². The van der Waals surface area contributed by atoms with Crippen molar-refractivity contribution in [2.45, 2.75) is 13.0 Å². The molecule has 0 saturated carbocycles. The van der Waals surface area contributed by atoms with Crippen LogP contribution in [0.25, 0.3) is 5.69 Å². The summed E-state index contributed by atoms with van der Waals surface area (Å²) in [6, 6.07) is 9.66. The van der Waals surface area contributed by atoms with Gasteiger partial charge in [-0.3, -0.25) is 4.79 Å². The van der Waals surface area contributed by atoms with Gasteiger partial charge in [0, 0.05) is 12.7 Å². The Morgan fingerprint density at radius 1 is 1.52 bits per heavy atom. The third-order valence-electron chi connectivity index (χ3n) is 2.74. The summed E-state index contributed by atoms with van der Waals surface area (Å²) in [4.78, 5) is 11.8. The number of hydrogen-bond donors (Lipinski definition) is 1. The van der Waals surface area contributed by atoms with Crippen molar-refractivity contribution in [3.63, 3.8) is 0 Å². The standard InChI is InChI=1S/C15H16BrN3O2/c1-3-9-17-14(20)11(2)21-15-13(16)10-19(18-15)12-7-5-4-6-8-12/h3-8,10-11H,1,9H2,2H3,(H,17,20)/t11-/m1/s1. The Hall–Kier alpha value is -2.08. The number of carbonyl (C=O) groups excluding carboxylic acids is 1. The number of rotatable bonds is 6. The molecule has 0 fully saturated rings. The van der Waals surface area contributed by atoms with Gasteiger partial charge in [0.05, 0.1) is 10.2 Å². The van der Waals surface area contributed by atoms with Crippen LogP contribution in [0.3, 0.4) is 0 Å². The number of benzene rings is 1. The average Bonchev–Trinajstić information content (AvgIpc) is 2.86. The van der Waals surface area contributed by atoms with E-state index in [1.54, 1.807) is 23.9 Å². The number of ether oxygens (including phenoxy) is 1. The monoisotopic (exact) mass is 349 g/mol. The summed E-state index contributed by atoms with van der Waals surface area (Å²) in [5.41, 5.74) is 0.914. The fraction of sp³-hybridized carbons (Fsp3) is 0.200. The molecular weight excluding hydrogens is 334 g/mol. The lowest BCUT2D eigenvalue weighted by Gasteiger charge is -2.12. The van der Waals surface area contributed by atoms with E-state index in [-0.39, 0.29) is 5.91 Å². The minimum atomic E-state index is -0.639. The number of nitrogens with zero attached hydrogens (tertiary/aromatic N) is 2. The predicted molar refractivity (Wildman–Crippen MR) is 84.6 cm³/mol. The molecule has 0 aliphatic carbocycles. The van der Waals surface area contributed by atoms with E-state index < -0.39 is 6.10 Å². The fourth-order valence-electron chi connectivity index (χ4n) is 1.67.